The molecule has 15 nitrogen and oxygen atoms in total. The number of aliphatic hydroxyl groups is 5. The number of carbonyl (C=O) groups excluding carboxylic acids is 2. The predicted octanol–water partition coefficient (Wildman–Crippen LogP) is 4.18. The van der Waals surface area contributed by atoms with E-state index in [-0.39, 0.29) is 36.4 Å². The Morgan fingerprint density at radius 1 is 1.07 bits per heavy atom. The number of carbonyl (C=O) groups is 2. The van der Waals surface area contributed by atoms with Crippen molar-refractivity contribution in [1.82, 2.24) is 0 Å². The first kappa shape index (κ1) is 49.5. The molecule has 0 aromatic heterocycles. The van der Waals surface area contributed by atoms with E-state index in [2.05, 4.69) is 0 Å². The average Bonchev–Trinajstić information content (AvgIpc) is 3.14. The van der Waals surface area contributed by atoms with E-state index < -0.39 is 97.0 Å². The van der Waals surface area contributed by atoms with Crippen molar-refractivity contribution in [2.45, 2.75) is 168 Å². The second-order valence-electron chi connectivity index (χ2n) is 16.8. The lowest BCUT2D eigenvalue weighted by Gasteiger charge is -2.47. The number of esters is 1. The highest BCUT2D eigenvalue weighted by atomic mass is 16.7. The van der Waals surface area contributed by atoms with E-state index in [4.69, 9.17) is 38.9 Å². The Morgan fingerprint density at radius 2 is 1.74 bits per heavy atom. The number of cyclic esters (lactones) is 1. The van der Waals surface area contributed by atoms with Gasteiger partial charge in [-0.2, -0.15) is 0 Å². The Kier molecular flexibility index (Phi) is 18.9. The minimum absolute atomic E-state index is 0.0364. The zero-order valence-corrected chi connectivity index (χ0v) is 36.1. The van der Waals surface area contributed by atoms with E-state index in [0.717, 1.165) is 5.57 Å². The number of amides is 1. The Bertz CT molecular complexity index is 1470. The zero-order chi connectivity index (χ0) is 43.6. The van der Waals surface area contributed by atoms with Gasteiger partial charge in [0.1, 0.15) is 24.4 Å². The minimum Gasteiger partial charge on any atom is -0.490 e. The van der Waals surface area contributed by atoms with E-state index in [9.17, 15) is 35.1 Å². The van der Waals surface area contributed by atoms with Crippen LogP contribution in [0.15, 0.2) is 47.3 Å². The lowest BCUT2D eigenvalue weighted by atomic mass is 9.79. The molecule has 332 valence electrons. The maximum atomic E-state index is 13.8. The summed E-state index contributed by atoms with van der Waals surface area (Å²) in [5.41, 5.74) is 6.76. The molecule has 15 heteroatoms. The van der Waals surface area contributed by atoms with Crippen LogP contribution in [-0.4, -0.2) is 125 Å². The second kappa shape index (κ2) is 22.1. The molecule has 0 aromatic rings. The van der Waals surface area contributed by atoms with E-state index in [1.165, 1.54) is 20.3 Å². The van der Waals surface area contributed by atoms with Crippen LogP contribution in [0.4, 0.5) is 4.79 Å². The summed E-state index contributed by atoms with van der Waals surface area (Å²) < 4.78 is 40.6. The molecule has 3 rings (SSSR count). The highest BCUT2D eigenvalue weighted by Gasteiger charge is 2.50. The van der Waals surface area contributed by atoms with Gasteiger partial charge in [-0.25, -0.2) is 9.59 Å². The lowest BCUT2D eigenvalue weighted by molar-refractivity contribution is -0.335. The van der Waals surface area contributed by atoms with Gasteiger partial charge in [0.2, 0.25) is 5.76 Å². The summed E-state index contributed by atoms with van der Waals surface area (Å²) in [5.74, 6) is -5.57. The zero-order valence-electron chi connectivity index (χ0n) is 36.1. The molecule has 0 spiro atoms. The van der Waals surface area contributed by atoms with Gasteiger partial charge in [0.25, 0.3) is 0 Å². The van der Waals surface area contributed by atoms with Crippen LogP contribution in [0, 0.1) is 29.6 Å². The third-order valence-corrected chi connectivity index (χ3v) is 12.0. The first-order chi connectivity index (χ1) is 27.2. The van der Waals surface area contributed by atoms with Crippen molar-refractivity contribution < 1.29 is 68.3 Å². The highest BCUT2D eigenvalue weighted by Crippen LogP contribution is 2.40. The molecule has 7 N–H and O–H groups in total. The van der Waals surface area contributed by atoms with Gasteiger partial charge in [0, 0.05) is 43.6 Å². The lowest BCUT2D eigenvalue weighted by Crippen LogP contribution is -2.57. The summed E-state index contributed by atoms with van der Waals surface area (Å²) in [6.45, 7) is 16.2. The largest absolute Gasteiger partial charge is 0.490 e. The fraction of sp³-hybridized carbons (Fsp3) is 0.767. The number of hydrogen-bond acceptors (Lipinski definition) is 14. The number of hydrogen-bond donors (Lipinski definition) is 6. The number of nitrogens with two attached hydrogens (primary N) is 1. The number of rotatable bonds is 10. The van der Waals surface area contributed by atoms with Crippen LogP contribution in [-0.2, 0) is 38.0 Å². The van der Waals surface area contributed by atoms with Crippen molar-refractivity contribution in [3.05, 3.63) is 47.3 Å². The molecule has 2 fully saturated rings. The Labute approximate surface area is 344 Å². The quantitative estimate of drug-likeness (QED) is 0.170. The van der Waals surface area contributed by atoms with Crippen molar-refractivity contribution in [2.75, 3.05) is 14.2 Å². The summed E-state index contributed by atoms with van der Waals surface area (Å²) in [7, 11) is 2.80. The molecule has 17 atom stereocenters. The standard InChI is InChI=1S/C43H71NO14/c1-12-31-36(46)24(4)16-22(2)14-13-15-33(52-10)39(57-40(49)35(53-11)18-23(3)17-25(5)37(31)47)27(7)38(48)28(8)43(51)21-30(19-26(6)58-43)55-41-32(45)20-34(29(9)54-41)56-42(44)50/h13-15,17-18,24-34,36-39,41,45-48,51H,12,16,19-21H2,1-11H3,(H2,44,50)/b15-13+,22-14+,23-17+,35-18+. The monoisotopic (exact) mass is 825 g/mol. The Morgan fingerprint density at radius 3 is 2.34 bits per heavy atom. The second-order valence-corrected chi connectivity index (χ2v) is 16.8. The van der Waals surface area contributed by atoms with Gasteiger partial charge in [-0.3, -0.25) is 0 Å². The van der Waals surface area contributed by atoms with Gasteiger partial charge in [-0.15, -0.1) is 0 Å². The molecule has 0 aromatic carbocycles. The van der Waals surface area contributed by atoms with Crippen LogP contribution in [0.5, 0.6) is 0 Å². The number of primary amides is 1. The number of methoxy groups -OCH3 is 2. The molecular formula is C43H71NO14. The third-order valence-electron chi connectivity index (χ3n) is 12.0. The average molecular weight is 826 g/mol. The molecule has 0 saturated carbocycles. The maximum Gasteiger partial charge on any atom is 0.404 e. The summed E-state index contributed by atoms with van der Waals surface area (Å²) in [6.07, 6.45) is -0.558. The van der Waals surface area contributed by atoms with Crippen LogP contribution in [0.2, 0.25) is 0 Å². The highest BCUT2D eigenvalue weighted by molar-refractivity contribution is 5.87. The maximum absolute atomic E-state index is 13.8. The summed E-state index contributed by atoms with van der Waals surface area (Å²) in [5, 5.41) is 57.5. The summed E-state index contributed by atoms with van der Waals surface area (Å²) >= 11 is 0. The van der Waals surface area contributed by atoms with Crippen LogP contribution >= 0.6 is 0 Å². The third kappa shape index (κ3) is 13.1. The molecule has 3 heterocycles. The van der Waals surface area contributed by atoms with Crippen LogP contribution in [0.3, 0.4) is 0 Å². The number of allylic oxidation sites excluding steroid dienone is 5. The van der Waals surface area contributed by atoms with E-state index in [0.29, 0.717) is 24.8 Å². The van der Waals surface area contributed by atoms with E-state index in [1.54, 1.807) is 46.8 Å². The van der Waals surface area contributed by atoms with Crippen LogP contribution < -0.4 is 5.73 Å². The molecule has 2 saturated heterocycles. The molecule has 0 bridgehead atoms. The first-order valence-corrected chi connectivity index (χ1v) is 20.6. The van der Waals surface area contributed by atoms with Gasteiger partial charge in [0.05, 0.1) is 43.7 Å². The van der Waals surface area contributed by atoms with Gasteiger partial charge >= 0.3 is 12.1 Å². The summed E-state index contributed by atoms with van der Waals surface area (Å²) in [4.78, 5) is 25.2. The molecule has 0 radical (unpaired) electrons. The van der Waals surface area contributed by atoms with Crippen molar-refractivity contribution in [3.8, 4) is 0 Å². The van der Waals surface area contributed by atoms with Crippen LogP contribution in [0.1, 0.15) is 94.4 Å². The smallest absolute Gasteiger partial charge is 0.404 e. The molecule has 58 heavy (non-hydrogen) atoms. The first-order valence-electron chi connectivity index (χ1n) is 20.6. The molecule has 0 aliphatic carbocycles. The molecule has 3 aliphatic rings. The van der Waals surface area contributed by atoms with Gasteiger partial charge in [-0.05, 0) is 59.0 Å². The molecule has 17 unspecified atom stereocenters. The molecule has 3 aliphatic heterocycles. The SMILES string of the molecule is CCC1C(O)C(C)/C=C(C)/C=C(/OC)C(=O)OC(C(C)C(O)C(C)C2(O)CC(OC3OC(C)C(OC(N)=O)CC3O)CC(C)O2)C(OC)/C=C/C=C(\C)CC(C)C1O. The van der Waals surface area contributed by atoms with Crippen molar-refractivity contribution in [1.29, 1.82) is 0 Å². The van der Waals surface area contributed by atoms with Crippen molar-refractivity contribution >= 4 is 12.1 Å². The van der Waals surface area contributed by atoms with Gasteiger partial charge in [0.15, 0.2) is 12.1 Å². The predicted molar refractivity (Wildman–Crippen MR) is 215 cm³/mol. The fourth-order valence-corrected chi connectivity index (χ4v) is 8.54. The van der Waals surface area contributed by atoms with Crippen molar-refractivity contribution in [2.24, 2.45) is 35.3 Å². The van der Waals surface area contributed by atoms with E-state index in [1.807, 2.05) is 39.8 Å². The van der Waals surface area contributed by atoms with E-state index >= 15 is 0 Å². The normalized spacial score (nSPS) is 42.3. The van der Waals surface area contributed by atoms with Crippen LogP contribution in [0.25, 0.3) is 0 Å². The van der Waals surface area contributed by atoms with Crippen molar-refractivity contribution in [3.63, 3.8) is 0 Å². The fourth-order valence-electron chi connectivity index (χ4n) is 8.54. The van der Waals surface area contributed by atoms with Gasteiger partial charge < -0.3 is 64.4 Å². The topological polar surface area (TPSA) is 226 Å². The molecule has 1 amide bonds. The number of ether oxygens (including phenoxy) is 7. The number of aliphatic hydroxyl groups excluding tert-OH is 4. The Hall–Kier alpha value is -2.86. The molecular weight excluding hydrogens is 754 g/mol. The van der Waals surface area contributed by atoms with Gasteiger partial charge in [-0.1, -0.05) is 70.1 Å². The summed E-state index contributed by atoms with van der Waals surface area (Å²) in [6, 6.07) is 0. The Balaban J connectivity index is 1.94. The minimum atomic E-state index is -1.92.